The Morgan fingerprint density at radius 2 is 1.79 bits per heavy atom. The van der Waals surface area contributed by atoms with Gasteiger partial charge in [-0.3, -0.25) is 0 Å². The molecule has 0 aliphatic heterocycles. The minimum atomic E-state index is -3.18. The predicted molar refractivity (Wildman–Crippen MR) is 78.2 cm³/mol. The minimum absolute atomic E-state index is 0.0924. The molecule has 2 rings (SSSR count). The molecular weight excluding hydrogens is 258 g/mol. The number of rotatable bonds is 6. The lowest BCUT2D eigenvalue weighted by molar-refractivity contribution is 0.527. The van der Waals surface area contributed by atoms with Crippen LogP contribution in [0.3, 0.4) is 0 Å². The lowest BCUT2D eigenvalue weighted by Crippen LogP contribution is -2.34. The van der Waals surface area contributed by atoms with Gasteiger partial charge in [-0.05, 0) is 49.4 Å². The first-order valence-electron chi connectivity index (χ1n) is 6.94. The van der Waals surface area contributed by atoms with E-state index in [1.807, 2.05) is 19.2 Å². The molecule has 1 N–H and O–H groups in total. The normalized spacial score (nSPS) is 17.7. The van der Waals surface area contributed by atoms with E-state index in [1.54, 1.807) is 12.1 Å². The summed E-state index contributed by atoms with van der Waals surface area (Å²) in [6.07, 6.45) is 2.29. The van der Waals surface area contributed by atoms with Crippen LogP contribution in [0.2, 0.25) is 0 Å². The summed E-state index contributed by atoms with van der Waals surface area (Å²) in [5.74, 6) is 1.16. The first kappa shape index (κ1) is 14.5. The molecule has 1 unspecified atom stereocenters. The zero-order valence-corrected chi connectivity index (χ0v) is 12.7. The van der Waals surface area contributed by atoms with Gasteiger partial charge in [-0.15, -0.1) is 0 Å². The van der Waals surface area contributed by atoms with Gasteiger partial charge in [-0.2, -0.15) is 0 Å². The number of sulfone groups is 1. The van der Waals surface area contributed by atoms with Gasteiger partial charge in [0.2, 0.25) is 0 Å². The lowest BCUT2D eigenvalue weighted by Gasteiger charge is -2.15. The van der Waals surface area contributed by atoms with Gasteiger partial charge in [-0.1, -0.05) is 26.0 Å². The van der Waals surface area contributed by atoms with Crippen molar-refractivity contribution in [2.75, 3.05) is 12.8 Å². The fraction of sp³-hybridized carbons (Fsp3) is 0.600. The van der Waals surface area contributed by atoms with E-state index in [-0.39, 0.29) is 11.8 Å². The van der Waals surface area contributed by atoms with Crippen molar-refractivity contribution in [1.82, 2.24) is 5.32 Å². The summed E-state index contributed by atoms with van der Waals surface area (Å²) in [5, 5.41) is 3.14. The van der Waals surface area contributed by atoms with E-state index in [9.17, 15) is 8.42 Å². The third kappa shape index (κ3) is 3.57. The third-order valence-electron chi connectivity index (χ3n) is 3.87. The summed E-state index contributed by atoms with van der Waals surface area (Å²) in [6, 6.07) is 7.41. The fourth-order valence-electron chi connectivity index (χ4n) is 2.35. The van der Waals surface area contributed by atoms with Crippen molar-refractivity contribution in [3.8, 4) is 0 Å². The van der Waals surface area contributed by atoms with Gasteiger partial charge in [0.1, 0.15) is 0 Å². The van der Waals surface area contributed by atoms with Crippen LogP contribution >= 0.6 is 0 Å². The van der Waals surface area contributed by atoms with Gasteiger partial charge in [0.15, 0.2) is 9.84 Å². The van der Waals surface area contributed by atoms with Crippen molar-refractivity contribution in [3.05, 3.63) is 29.8 Å². The van der Waals surface area contributed by atoms with Gasteiger partial charge in [-0.25, -0.2) is 8.42 Å². The molecule has 0 amide bonds. The van der Waals surface area contributed by atoms with E-state index in [2.05, 4.69) is 19.2 Å². The number of hydrogen-bond donors (Lipinski definition) is 1. The highest BCUT2D eigenvalue weighted by molar-refractivity contribution is 7.91. The van der Waals surface area contributed by atoms with Crippen LogP contribution in [-0.2, 0) is 9.84 Å². The second-order valence-corrected chi connectivity index (χ2v) is 7.77. The smallest absolute Gasteiger partial charge is 0.179 e. The van der Waals surface area contributed by atoms with Crippen molar-refractivity contribution < 1.29 is 8.42 Å². The van der Waals surface area contributed by atoms with Crippen LogP contribution in [0.15, 0.2) is 29.2 Å². The van der Waals surface area contributed by atoms with Crippen LogP contribution in [0.5, 0.6) is 0 Å². The van der Waals surface area contributed by atoms with E-state index in [0.29, 0.717) is 16.7 Å². The molecule has 4 heteroatoms. The molecule has 1 aromatic rings. The zero-order chi connectivity index (χ0) is 14.0. The first-order valence-corrected chi connectivity index (χ1v) is 8.59. The van der Waals surface area contributed by atoms with Crippen molar-refractivity contribution in [2.24, 2.45) is 5.92 Å². The number of nitrogens with one attached hydrogen (secondary N) is 1. The van der Waals surface area contributed by atoms with E-state index in [0.717, 1.165) is 12.8 Å². The Labute approximate surface area is 116 Å². The maximum absolute atomic E-state index is 12.4. The molecule has 1 saturated carbocycles. The Morgan fingerprint density at radius 3 is 2.21 bits per heavy atom. The fourth-order valence-corrected chi connectivity index (χ4v) is 4.00. The largest absolute Gasteiger partial charge is 0.316 e. The van der Waals surface area contributed by atoms with Crippen LogP contribution in [0.4, 0.5) is 0 Å². The molecule has 1 fully saturated rings. The molecule has 1 aromatic carbocycles. The Balaban J connectivity index is 2.14. The van der Waals surface area contributed by atoms with E-state index < -0.39 is 9.84 Å². The van der Waals surface area contributed by atoms with Gasteiger partial charge in [0, 0.05) is 6.04 Å². The number of hydrogen-bond acceptors (Lipinski definition) is 3. The second kappa shape index (κ2) is 5.63. The maximum Gasteiger partial charge on any atom is 0.179 e. The molecule has 0 spiro atoms. The lowest BCUT2D eigenvalue weighted by atomic mass is 10.0. The summed E-state index contributed by atoms with van der Waals surface area (Å²) >= 11 is 0. The molecule has 106 valence electrons. The minimum Gasteiger partial charge on any atom is -0.316 e. The summed E-state index contributed by atoms with van der Waals surface area (Å²) < 4.78 is 24.7. The number of benzene rings is 1. The molecule has 1 aliphatic carbocycles. The van der Waals surface area contributed by atoms with Crippen LogP contribution in [-0.4, -0.2) is 27.3 Å². The van der Waals surface area contributed by atoms with E-state index in [1.165, 1.54) is 5.56 Å². The molecule has 0 heterocycles. The maximum atomic E-state index is 12.4. The monoisotopic (exact) mass is 281 g/mol. The average Bonchev–Trinajstić information content (AvgIpc) is 3.20. The van der Waals surface area contributed by atoms with Gasteiger partial charge in [0.05, 0.1) is 10.6 Å². The average molecular weight is 281 g/mol. The Hall–Kier alpha value is -0.870. The molecule has 0 aromatic heterocycles. The van der Waals surface area contributed by atoms with E-state index in [4.69, 9.17) is 0 Å². The molecule has 1 atom stereocenters. The Bertz CT molecular complexity index is 516. The van der Waals surface area contributed by atoms with Gasteiger partial charge < -0.3 is 5.32 Å². The quantitative estimate of drug-likeness (QED) is 0.872. The van der Waals surface area contributed by atoms with E-state index >= 15 is 0 Å². The molecule has 1 aliphatic rings. The van der Waals surface area contributed by atoms with Crippen LogP contribution in [0.1, 0.15) is 38.2 Å². The summed E-state index contributed by atoms with van der Waals surface area (Å²) in [5.41, 5.74) is 1.17. The topological polar surface area (TPSA) is 46.2 Å². The van der Waals surface area contributed by atoms with Crippen molar-refractivity contribution in [1.29, 1.82) is 0 Å². The highest BCUT2D eigenvalue weighted by Crippen LogP contribution is 2.33. The third-order valence-corrected chi connectivity index (χ3v) is 5.66. The molecular formula is C15H23NO2S. The molecule has 0 saturated heterocycles. The SMILES string of the molecule is CNC(CS(=O)(=O)c1ccc(C(C)C)cc1)C1CC1. The van der Waals surface area contributed by atoms with Crippen LogP contribution in [0, 0.1) is 5.92 Å². The standard InChI is InChI=1S/C15H23NO2S/c1-11(2)12-6-8-14(9-7-12)19(17,18)10-15(16-3)13-4-5-13/h6-9,11,13,15-16H,4-5,10H2,1-3H3. The summed E-state index contributed by atoms with van der Waals surface area (Å²) in [7, 11) is -1.33. The van der Waals surface area contributed by atoms with Crippen LogP contribution in [0.25, 0.3) is 0 Å². The summed E-state index contributed by atoms with van der Waals surface area (Å²) in [6.45, 7) is 4.21. The Kier molecular flexibility index (Phi) is 4.31. The zero-order valence-electron chi connectivity index (χ0n) is 11.9. The van der Waals surface area contributed by atoms with Crippen molar-refractivity contribution in [3.63, 3.8) is 0 Å². The Morgan fingerprint density at radius 1 is 1.21 bits per heavy atom. The first-order chi connectivity index (χ1) is 8.94. The summed E-state index contributed by atoms with van der Waals surface area (Å²) in [4.78, 5) is 0.442. The van der Waals surface area contributed by atoms with Crippen molar-refractivity contribution in [2.45, 2.75) is 43.5 Å². The van der Waals surface area contributed by atoms with Gasteiger partial charge >= 0.3 is 0 Å². The van der Waals surface area contributed by atoms with Gasteiger partial charge in [0.25, 0.3) is 0 Å². The highest BCUT2D eigenvalue weighted by Gasteiger charge is 2.33. The molecule has 0 radical (unpaired) electrons. The molecule has 3 nitrogen and oxygen atoms in total. The molecule has 19 heavy (non-hydrogen) atoms. The highest BCUT2D eigenvalue weighted by atomic mass is 32.2. The van der Waals surface area contributed by atoms with Crippen molar-refractivity contribution >= 4 is 9.84 Å². The second-order valence-electron chi connectivity index (χ2n) is 5.74. The van der Waals surface area contributed by atoms with Crippen LogP contribution < -0.4 is 5.32 Å². The predicted octanol–water partition coefficient (Wildman–Crippen LogP) is 2.58. The molecule has 0 bridgehead atoms.